The molecule has 0 radical (unpaired) electrons. The first-order valence-corrected chi connectivity index (χ1v) is 6.64. The Morgan fingerprint density at radius 2 is 2.12 bits per heavy atom. The molecule has 4 heteroatoms. The number of phenols is 1. The van der Waals surface area contributed by atoms with Crippen LogP contribution in [0.3, 0.4) is 0 Å². The zero-order valence-corrected chi connectivity index (χ0v) is 12.3. The van der Waals surface area contributed by atoms with Gasteiger partial charge >= 0.3 is 0 Å². The number of phenolic OH excluding ortho intramolecular Hbond substituents is 1. The summed E-state index contributed by atoms with van der Waals surface area (Å²) in [5, 5.41) is 13.2. The zero-order chi connectivity index (χ0) is 12.8. The molecule has 0 fully saturated rings. The van der Waals surface area contributed by atoms with Crippen LogP contribution < -0.4 is 5.32 Å². The van der Waals surface area contributed by atoms with Crippen LogP contribution in [0.2, 0.25) is 0 Å². The van der Waals surface area contributed by atoms with Crippen molar-refractivity contribution in [2.75, 3.05) is 20.6 Å². The number of nitrogens with one attached hydrogen (secondary N) is 1. The topological polar surface area (TPSA) is 35.5 Å². The highest BCUT2D eigenvalue weighted by molar-refractivity contribution is 9.10. The number of hydrogen-bond donors (Lipinski definition) is 2. The van der Waals surface area contributed by atoms with Crippen molar-refractivity contribution in [2.45, 2.75) is 25.9 Å². The lowest BCUT2D eigenvalue weighted by molar-refractivity contribution is 0.364. The number of hydrogen-bond acceptors (Lipinski definition) is 3. The summed E-state index contributed by atoms with van der Waals surface area (Å²) >= 11 is 3.32. The van der Waals surface area contributed by atoms with Crippen LogP contribution in [-0.2, 0) is 6.54 Å². The molecule has 1 atom stereocenters. The highest BCUT2D eigenvalue weighted by Gasteiger charge is 2.07. The van der Waals surface area contributed by atoms with E-state index in [1.54, 1.807) is 0 Å². The number of para-hydroxylation sites is 1. The van der Waals surface area contributed by atoms with Crippen molar-refractivity contribution >= 4 is 15.9 Å². The van der Waals surface area contributed by atoms with E-state index in [0.29, 0.717) is 18.3 Å². The number of nitrogens with zero attached hydrogens (tertiary/aromatic N) is 1. The molecule has 0 amide bonds. The van der Waals surface area contributed by atoms with E-state index in [9.17, 15) is 5.11 Å². The molecule has 0 bridgehead atoms. The first-order valence-electron chi connectivity index (χ1n) is 5.85. The van der Waals surface area contributed by atoms with Gasteiger partial charge in [0.1, 0.15) is 5.75 Å². The van der Waals surface area contributed by atoms with Gasteiger partial charge in [-0.15, -0.1) is 0 Å². The Morgan fingerprint density at radius 3 is 2.76 bits per heavy atom. The van der Waals surface area contributed by atoms with Crippen molar-refractivity contribution in [3.8, 4) is 5.75 Å². The molecule has 3 nitrogen and oxygen atoms in total. The molecular weight excluding hydrogens is 280 g/mol. The van der Waals surface area contributed by atoms with Gasteiger partial charge in [0.15, 0.2) is 0 Å². The number of aromatic hydroxyl groups is 1. The Hall–Kier alpha value is -0.580. The fourth-order valence-corrected chi connectivity index (χ4v) is 1.95. The van der Waals surface area contributed by atoms with E-state index in [1.807, 2.05) is 18.2 Å². The zero-order valence-electron chi connectivity index (χ0n) is 10.7. The molecule has 0 aromatic heterocycles. The molecule has 0 heterocycles. The van der Waals surface area contributed by atoms with Crippen molar-refractivity contribution < 1.29 is 5.11 Å². The van der Waals surface area contributed by atoms with Gasteiger partial charge in [-0.1, -0.05) is 12.1 Å². The molecule has 0 spiro atoms. The van der Waals surface area contributed by atoms with Gasteiger partial charge in [0.2, 0.25) is 0 Å². The lowest BCUT2D eigenvalue weighted by atomic mass is 10.1. The van der Waals surface area contributed by atoms with Crippen LogP contribution in [0.15, 0.2) is 22.7 Å². The molecule has 17 heavy (non-hydrogen) atoms. The van der Waals surface area contributed by atoms with Crippen molar-refractivity contribution in [2.24, 2.45) is 0 Å². The predicted molar refractivity (Wildman–Crippen MR) is 75.3 cm³/mol. The molecule has 0 aliphatic rings. The largest absolute Gasteiger partial charge is 0.506 e. The van der Waals surface area contributed by atoms with Gasteiger partial charge < -0.3 is 15.3 Å². The summed E-state index contributed by atoms with van der Waals surface area (Å²) < 4.78 is 0.748. The molecular formula is C13H21BrN2O. The summed E-state index contributed by atoms with van der Waals surface area (Å²) in [7, 11) is 4.15. The minimum absolute atomic E-state index is 0.333. The molecule has 0 aliphatic carbocycles. The molecule has 1 aromatic carbocycles. The molecule has 0 aliphatic heterocycles. The molecule has 0 saturated carbocycles. The van der Waals surface area contributed by atoms with Crippen molar-refractivity contribution in [3.63, 3.8) is 0 Å². The second kappa shape index (κ2) is 6.99. The van der Waals surface area contributed by atoms with E-state index in [4.69, 9.17) is 0 Å². The highest BCUT2D eigenvalue weighted by atomic mass is 79.9. The average molecular weight is 301 g/mol. The monoisotopic (exact) mass is 300 g/mol. The minimum atomic E-state index is 0.333. The smallest absolute Gasteiger partial charge is 0.134 e. The van der Waals surface area contributed by atoms with E-state index >= 15 is 0 Å². The van der Waals surface area contributed by atoms with E-state index in [2.05, 4.69) is 47.2 Å². The summed E-state index contributed by atoms with van der Waals surface area (Å²) in [6, 6.07) is 6.15. The molecule has 2 N–H and O–H groups in total. The third-order valence-electron chi connectivity index (χ3n) is 2.72. The van der Waals surface area contributed by atoms with Gasteiger partial charge in [-0.3, -0.25) is 0 Å². The SMILES string of the molecule is CC(CCN(C)C)NCc1cccc(Br)c1O. The highest BCUT2D eigenvalue weighted by Crippen LogP contribution is 2.27. The summed E-state index contributed by atoms with van der Waals surface area (Å²) in [5.41, 5.74) is 0.927. The summed E-state index contributed by atoms with van der Waals surface area (Å²) in [6.07, 6.45) is 1.10. The lowest BCUT2D eigenvalue weighted by Gasteiger charge is -2.17. The van der Waals surface area contributed by atoms with Crippen LogP contribution in [0.1, 0.15) is 18.9 Å². The Labute approximate surface area is 112 Å². The maximum atomic E-state index is 9.83. The van der Waals surface area contributed by atoms with Gasteiger partial charge in [0.25, 0.3) is 0 Å². The number of rotatable bonds is 6. The average Bonchev–Trinajstić information content (AvgIpc) is 2.28. The quantitative estimate of drug-likeness (QED) is 0.848. The first kappa shape index (κ1) is 14.5. The molecule has 1 aromatic rings. The van der Waals surface area contributed by atoms with E-state index in [0.717, 1.165) is 23.0 Å². The molecule has 1 rings (SSSR count). The van der Waals surface area contributed by atoms with Crippen LogP contribution in [0.4, 0.5) is 0 Å². The van der Waals surface area contributed by atoms with Gasteiger partial charge in [0, 0.05) is 18.2 Å². The number of halogens is 1. The second-order valence-electron chi connectivity index (χ2n) is 4.62. The predicted octanol–water partition coefficient (Wildman–Crippen LogP) is 2.58. The van der Waals surface area contributed by atoms with Crippen LogP contribution >= 0.6 is 15.9 Å². The van der Waals surface area contributed by atoms with Gasteiger partial charge in [-0.05, 0) is 56.0 Å². The Kier molecular flexibility index (Phi) is 5.95. The lowest BCUT2D eigenvalue weighted by Crippen LogP contribution is -2.29. The normalized spacial score (nSPS) is 13.0. The first-order chi connectivity index (χ1) is 8.00. The summed E-state index contributed by atoms with van der Waals surface area (Å²) in [6.45, 7) is 3.93. The summed E-state index contributed by atoms with van der Waals surface area (Å²) in [5.74, 6) is 0.333. The van der Waals surface area contributed by atoms with Gasteiger partial charge in [0.05, 0.1) is 4.47 Å². The molecule has 1 unspecified atom stereocenters. The summed E-state index contributed by atoms with van der Waals surface area (Å²) in [4.78, 5) is 2.18. The van der Waals surface area contributed by atoms with Crippen LogP contribution in [-0.4, -0.2) is 36.7 Å². The van der Waals surface area contributed by atoms with Crippen LogP contribution in [0.5, 0.6) is 5.75 Å². The van der Waals surface area contributed by atoms with Gasteiger partial charge in [-0.2, -0.15) is 0 Å². The van der Waals surface area contributed by atoms with Gasteiger partial charge in [-0.25, -0.2) is 0 Å². The third kappa shape index (κ3) is 5.06. The second-order valence-corrected chi connectivity index (χ2v) is 5.48. The van der Waals surface area contributed by atoms with E-state index in [-0.39, 0.29) is 0 Å². The Morgan fingerprint density at radius 1 is 1.41 bits per heavy atom. The Bertz CT molecular complexity index is 355. The molecule has 96 valence electrons. The Balaban J connectivity index is 2.42. The molecule has 0 saturated heterocycles. The van der Waals surface area contributed by atoms with Crippen LogP contribution in [0.25, 0.3) is 0 Å². The maximum absolute atomic E-state index is 9.83. The van der Waals surface area contributed by atoms with E-state index in [1.165, 1.54) is 0 Å². The van der Waals surface area contributed by atoms with Crippen molar-refractivity contribution in [1.82, 2.24) is 10.2 Å². The fourth-order valence-electron chi connectivity index (χ4n) is 1.54. The van der Waals surface area contributed by atoms with Crippen molar-refractivity contribution in [3.05, 3.63) is 28.2 Å². The standard InChI is InChI=1S/C13H21BrN2O/c1-10(7-8-16(2)3)15-9-11-5-4-6-12(14)13(11)17/h4-6,10,15,17H,7-9H2,1-3H3. The van der Waals surface area contributed by atoms with Crippen molar-refractivity contribution in [1.29, 1.82) is 0 Å². The third-order valence-corrected chi connectivity index (χ3v) is 3.36. The maximum Gasteiger partial charge on any atom is 0.134 e. The fraction of sp³-hybridized carbons (Fsp3) is 0.538. The van der Waals surface area contributed by atoms with Crippen LogP contribution in [0, 0.1) is 0 Å². The van der Waals surface area contributed by atoms with E-state index < -0.39 is 0 Å². The minimum Gasteiger partial charge on any atom is -0.506 e. The number of benzene rings is 1.